The molecule has 0 saturated carbocycles. The number of aryl methyl sites for hydroxylation is 1. The molecule has 0 atom stereocenters. The van der Waals surface area contributed by atoms with Crippen LogP contribution < -0.4 is 10.6 Å². The van der Waals surface area contributed by atoms with Gasteiger partial charge in [-0.15, -0.1) is 0 Å². The predicted octanol–water partition coefficient (Wildman–Crippen LogP) is 2.30. The van der Waals surface area contributed by atoms with Gasteiger partial charge in [0.05, 0.1) is 0 Å². The summed E-state index contributed by atoms with van der Waals surface area (Å²) in [6.07, 6.45) is 0.972. The van der Waals surface area contributed by atoms with E-state index in [2.05, 4.69) is 22.6 Å². The van der Waals surface area contributed by atoms with Crippen LogP contribution in [-0.2, 0) is 0 Å². The van der Waals surface area contributed by atoms with Crippen molar-refractivity contribution in [1.29, 1.82) is 0 Å². The molecule has 1 aromatic carbocycles. The lowest BCUT2D eigenvalue weighted by Gasteiger charge is -2.21. The average Bonchev–Trinajstić information content (AvgIpc) is 2.73. The number of urea groups is 1. The van der Waals surface area contributed by atoms with Gasteiger partial charge < -0.3 is 20.4 Å². The van der Waals surface area contributed by atoms with Gasteiger partial charge in [0.15, 0.2) is 0 Å². The summed E-state index contributed by atoms with van der Waals surface area (Å²) in [7, 11) is 2.07. The number of nitrogens with zero attached hydrogens (tertiary/aromatic N) is 2. The van der Waals surface area contributed by atoms with Gasteiger partial charge in [-0.1, -0.05) is 6.07 Å². The molecule has 1 aliphatic heterocycles. The Morgan fingerprint density at radius 3 is 2.58 bits per heavy atom. The summed E-state index contributed by atoms with van der Waals surface area (Å²) in [6.45, 7) is 9.10. The molecule has 0 bridgehead atoms. The number of carbonyl (C=O) groups excluding carboxylic acids is 2. The SMILES string of the molecule is Cc1ccc(NC(=O)N2CCCN(C)CC2)cc1C(=O)NC(C)C. The minimum absolute atomic E-state index is 0.0734. The maximum absolute atomic E-state index is 12.5. The first-order valence-corrected chi connectivity index (χ1v) is 8.53. The van der Waals surface area contributed by atoms with Crippen molar-refractivity contribution in [1.82, 2.24) is 15.1 Å². The van der Waals surface area contributed by atoms with Gasteiger partial charge in [-0.25, -0.2) is 4.79 Å². The van der Waals surface area contributed by atoms with Crippen molar-refractivity contribution in [2.45, 2.75) is 33.2 Å². The molecule has 132 valence electrons. The van der Waals surface area contributed by atoms with Crippen LogP contribution in [0.15, 0.2) is 18.2 Å². The third-order valence-electron chi connectivity index (χ3n) is 4.16. The fourth-order valence-corrected chi connectivity index (χ4v) is 2.74. The summed E-state index contributed by atoms with van der Waals surface area (Å²) in [5, 5.41) is 5.81. The topological polar surface area (TPSA) is 64.7 Å². The van der Waals surface area contributed by atoms with E-state index in [1.165, 1.54) is 0 Å². The molecule has 6 heteroatoms. The van der Waals surface area contributed by atoms with E-state index in [4.69, 9.17) is 0 Å². The molecule has 24 heavy (non-hydrogen) atoms. The van der Waals surface area contributed by atoms with Crippen LogP contribution in [0.5, 0.6) is 0 Å². The largest absolute Gasteiger partial charge is 0.350 e. The highest BCUT2D eigenvalue weighted by atomic mass is 16.2. The Kier molecular flexibility index (Phi) is 6.20. The van der Waals surface area contributed by atoms with Crippen LogP contribution in [0.25, 0.3) is 0 Å². The monoisotopic (exact) mass is 332 g/mol. The molecule has 0 aromatic heterocycles. The van der Waals surface area contributed by atoms with E-state index in [1.54, 1.807) is 6.07 Å². The lowest BCUT2D eigenvalue weighted by molar-refractivity contribution is 0.0942. The van der Waals surface area contributed by atoms with Gasteiger partial charge in [0.1, 0.15) is 0 Å². The zero-order chi connectivity index (χ0) is 17.7. The van der Waals surface area contributed by atoms with Crippen LogP contribution in [0.2, 0.25) is 0 Å². The number of likely N-dealkylation sites (N-methyl/N-ethyl adjacent to an activating group) is 1. The molecule has 1 saturated heterocycles. The first-order chi connectivity index (χ1) is 11.4. The van der Waals surface area contributed by atoms with Crippen LogP contribution in [0.1, 0.15) is 36.2 Å². The Labute approximate surface area is 144 Å². The Morgan fingerprint density at radius 1 is 1.12 bits per heavy atom. The average molecular weight is 332 g/mol. The highest BCUT2D eigenvalue weighted by molar-refractivity contribution is 5.98. The third-order valence-corrected chi connectivity index (χ3v) is 4.16. The smallest absolute Gasteiger partial charge is 0.321 e. The summed E-state index contributed by atoms with van der Waals surface area (Å²) in [6, 6.07) is 5.41. The van der Waals surface area contributed by atoms with Crippen molar-refractivity contribution in [2.24, 2.45) is 0 Å². The number of hydrogen-bond donors (Lipinski definition) is 2. The first-order valence-electron chi connectivity index (χ1n) is 8.53. The molecule has 1 aromatic rings. The number of hydrogen-bond acceptors (Lipinski definition) is 3. The van der Waals surface area contributed by atoms with E-state index >= 15 is 0 Å². The molecule has 0 spiro atoms. The van der Waals surface area contributed by atoms with Crippen LogP contribution in [0.3, 0.4) is 0 Å². The van der Waals surface area contributed by atoms with Crippen molar-refractivity contribution >= 4 is 17.6 Å². The summed E-state index contributed by atoms with van der Waals surface area (Å²) in [5.41, 5.74) is 2.14. The van der Waals surface area contributed by atoms with Gasteiger partial charge in [0.2, 0.25) is 0 Å². The van der Waals surface area contributed by atoms with Gasteiger partial charge in [-0.3, -0.25) is 4.79 Å². The lowest BCUT2D eigenvalue weighted by Crippen LogP contribution is -2.37. The third kappa shape index (κ3) is 4.96. The molecular weight excluding hydrogens is 304 g/mol. The highest BCUT2D eigenvalue weighted by Gasteiger charge is 2.18. The van der Waals surface area contributed by atoms with Crippen LogP contribution in [0, 0.1) is 6.92 Å². The summed E-state index contributed by atoms with van der Waals surface area (Å²) in [5.74, 6) is -0.116. The molecule has 1 aliphatic rings. The molecule has 0 radical (unpaired) electrons. The van der Waals surface area contributed by atoms with Crippen LogP contribution in [-0.4, -0.2) is 61.0 Å². The summed E-state index contributed by atoms with van der Waals surface area (Å²) >= 11 is 0. The molecule has 0 unspecified atom stereocenters. The molecule has 1 fully saturated rings. The van der Waals surface area contributed by atoms with Gasteiger partial charge in [0, 0.05) is 36.9 Å². The molecule has 2 N–H and O–H groups in total. The predicted molar refractivity (Wildman–Crippen MR) is 96.5 cm³/mol. The maximum Gasteiger partial charge on any atom is 0.321 e. The van der Waals surface area contributed by atoms with E-state index in [0.29, 0.717) is 11.3 Å². The number of nitrogens with one attached hydrogen (secondary N) is 2. The molecule has 2 rings (SSSR count). The van der Waals surface area contributed by atoms with E-state index in [9.17, 15) is 9.59 Å². The fraction of sp³-hybridized carbons (Fsp3) is 0.556. The minimum Gasteiger partial charge on any atom is -0.350 e. The van der Waals surface area contributed by atoms with Gasteiger partial charge in [0.25, 0.3) is 5.91 Å². The number of benzene rings is 1. The normalized spacial score (nSPS) is 16.0. The van der Waals surface area contributed by atoms with Crippen molar-refractivity contribution < 1.29 is 9.59 Å². The number of anilines is 1. The summed E-state index contributed by atoms with van der Waals surface area (Å²) < 4.78 is 0. The Hall–Kier alpha value is -2.08. The number of carbonyl (C=O) groups is 2. The van der Waals surface area contributed by atoms with Crippen molar-refractivity contribution in [3.05, 3.63) is 29.3 Å². The Balaban J connectivity index is 2.06. The number of amides is 3. The first kappa shape index (κ1) is 18.3. The van der Waals surface area contributed by atoms with Crippen LogP contribution in [0.4, 0.5) is 10.5 Å². The second kappa shape index (κ2) is 8.15. The van der Waals surface area contributed by atoms with Gasteiger partial charge in [-0.2, -0.15) is 0 Å². The Bertz CT molecular complexity index is 601. The second-order valence-corrected chi connectivity index (χ2v) is 6.73. The minimum atomic E-state index is -0.116. The zero-order valence-corrected chi connectivity index (χ0v) is 15.1. The van der Waals surface area contributed by atoms with Crippen molar-refractivity contribution in [3.63, 3.8) is 0 Å². The van der Waals surface area contributed by atoms with E-state index in [-0.39, 0.29) is 18.0 Å². The zero-order valence-electron chi connectivity index (χ0n) is 15.1. The van der Waals surface area contributed by atoms with E-state index in [1.807, 2.05) is 37.8 Å². The van der Waals surface area contributed by atoms with E-state index in [0.717, 1.165) is 38.2 Å². The van der Waals surface area contributed by atoms with Gasteiger partial charge >= 0.3 is 6.03 Å². The number of rotatable bonds is 3. The second-order valence-electron chi connectivity index (χ2n) is 6.73. The molecule has 0 aliphatic carbocycles. The standard InChI is InChI=1S/C18H28N4O2/c1-13(2)19-17(23)16-12-15(7-6-14(16)3)20-18(24)22-9-5-8-21(4)10-11-22/h6-7,12-13H,5,8-11H2,1-4H3,(H,19,23)(H,20,24). The molecule has 3 amide bonds. The van der Waals surface area contributed by atoms with Gasteiger partial charge in [-0.05, 0) is 58.5 Å². The molecule has 6 nitrogen and oxygen atoms in total. The quantitative estimate of drug-likeness (QED) is 0.893. The van der Waals surface area contributed by atoms with Crippen molar-refractivity contribution in [3.8, 4) is 0 Å². The lowest BCUT2D eigenvalue weighted by atomic mass is 10.1. The fourth-order valence-electron chi connectivity index (χ4n) is 2.74. The highest BCUT2D eigenvalue weighted by Crippen LogP contribution is 2.16. The van der Waals surface area contributed by atoms with Crippen LogP contribution >= 0.6 is 0 Å². The van der Waals surface area contributed by atoms with Crippen molar-refractivity contribution in [2.75, 3.05) is 38.5 Å². The van der Waals surface area contributed by atoms with E-state index < -0.39 is 0 Å². The Morgan fingerprint density at radius 2 is 1.88 bits per heavy atom. The molecule has 1 heterocycles. The molecular formula is C18H28N4O2. The maximum atomic E-state index is 12.5. The summed E-state index contributed by atoms with van der Waals surface area (Å²) in [4.78, 5) is 28.8.